The van der Waals surface area contributed by atoms with Crippen LogP contribution < -0.4 is 5.73 Å². The van der Waals surface area contributed by atoms with Crippen LogP contribution in [0.4, 0.5) is 0 Å². The second-order valence-electron chi connectivity index (χ2n) is 10.3. The van der Waals surface area contributed by atoms with Crippen LogP contribution in [0.5, 0.6) is 0 Å². The number of rotatable bonds is 5. The number of hydrogen-bond acceptors (Lipinski definition) is 4. The number of H-pyrrole nitrogens is 1. The number of aromatic nitrogens is 4. The van der Waals surface area contributed by atoms with E-state index in [1.165, 1.54) is 50.8 Å². The molecule has 0 saturated carbocycles. The summed E-state index contributed by atoms with van der Waals surface area (Å²) in [7, 11) is 0. The molecule has 1 aliphatic heterocycles. The number of fused-ring (bicyclic) bond motifs is 4. The lowest BCUT2D eigenvalue weighted by Crippen LogP contribution is -2.39. The van der Waals surface area contributed by atoms with E-state index >= 15 is 0 Å². The molecule has 6 rings (SSSR count). The highest BCUT2D eigenvalue weighted by atomic mass is 16.1. The van der Waals surface area contributed by atoms with Gasteiger partial charge in [0.05, 0.1) is 12.2 Å². The van der Waals surface area contributed by atoms with Gasteiger partial charge < -0.3 is 10.7 Å². The van der Waals surface area contributed by atoms with Crippen LogP contribution in [0.1, 0.15) is 67.2 Å². The molecule has 0 radical (unpaired) electrons. The summed E-state index contributed by atoms with van der Waals surface area (Å²) >= 11 is 0. The number of pyridine rings is 1. The van der Waals surface area contributed by atoms with Crippen LogP contribution in [0.3, 0.4) is 0 Å². The summed E-state index contributed by atoms with van der Waals surface area (Å²) in [5.41, 5.74) is 15.7. The maximum atomic E-state index is 11.3. The molecule has 176 valence electrons. The summed E-state index contributed by atoms with van der Waals surface area (Å²) in [5.74, 6) is 0.666. The molecule has 4 heterocycles. The fraction of sp³-hybridized carbons (Fsp3) is 0.444. The first-order chi connectivity index (χ1) is 16.5. The number of aromatic amines is 1. The first-order valence-corrected chi connectivity index (χ1v) is 12.5. The Balaban J connectivity index is 1.42. The molecule has 1 amide bonds. The minimum atomic E-state index is -0.239. The molecule has 0 atom stereocenters. The average molecular weight is 457 g/mol. The SMILES string of the molecule is CC(C)c1c(-c2cn3ncnc3c3c2CCC3)[nH]c2ccc(C3CCN(CC(N)=O)CC3)cc12. The van der Waals surface area contributed by atoms with Gasteiger partial charge in [0.15, 0.2) is 5.65 Å². The lowest BCUT2D eigenvalue weighted by Gasteiger charge is -2.31. The number of nitrogens with zero attached hydrogens (tertiary/aromatic N) is 4. The Kier molecular flexibility index (Phi) is 5.17. The molecule has 1 aliphatic carbocycles. The normalized spacial score (nSPS) is 17.3. The van der Waals surface area contributed by atoms with Gasteiger partial charge in [0, 0.05) is 28.2 Å². The quantitative estimate of drug-likeness (QED) is 0.472. The summed E-state index contributed by atoms with van der Waals surface area (Å²) in [5, 5.41) is 5.80. The van der Waals surface area contributed by atoms with Crippen LogP contribution in [-0.2, 0) is 17.6 Å². The van der Waals surface area contributed by atoms with Crippen LogP contribution in [0, 0.1) is 0 Å². The van der Waals surface area contributed by atoms with E-state index in [0.29, 0.717) is 18.4 Å². The molecule has 7 heteroatoms. The Morgan fingerprint density at radius 1 is 1.21 bits per heavy atom. The van der Waals surface area contributed by atoms with Gasteiger partial charge in [-0.05, 0) is 85.9 Å². The van der Waals surface area contributed by atoms with Gasteiger partial charge >= 0.3 is 0 Å². The van der Waals surface area contributed by atoms with Crippen LogP contribution in [0.25, 0.3) is 27.8 Å². The molecule has 0 bridgehead atoms. The average Bonchev–Trinajstić information content (AvgIpc) is 3.55. The smallest absolute Gasteiger partial charge is 0.231 e. The molecule has 1 saturated heterocycles. The summed E-state index contributed by atoms with van der Waals surface area (Å²) in [6.07, 6.45) is 9.28. The number of hydrogen-bond donors (Lipinski definition) is 2. The second-order valence-corrected chi connectivity index (χ2v) is 10.3. The third-order valence-corrected chi connectivity index (χ3v) is 7.79. The van der Waals surface area contributed by atoms with Crippen molar-refractivity contribution in [2.45, 2.75) is 57.8 Å². The first-order valence-electron chi connectivity index (χ1n) is 12.5. The fourth-order valence-electron chi connectivity index (χ4n) is 6.21. The predicted octanol–water partition coefficient (Wildman–Crippen LogP) is 4.15. The summed E-state index contributed by atoms with van der Waals surface area (Å²) in [6, 6.07) is 6.95. The number of likely N-dealkylation sites (tertiary alicyclic amines) is 1. The van der Waals surface area contributed by atoms with E-state index < -0.39 is 0 Å². The van der Waals surface area contributed by atoms with Crippen LogP contribution in [0.15, 0.2) is 30.7 Å². The molecule has 1 aromatic carbocycles. The van der Waals surface area contributed by atoms with Crippen molar-refractivity contribution < 1.29 is 4.79 Å². The fourth-order valence-corrected chi connectivity index (χ4v) is 6.21. The number of carbonyl (C=O) groups excluding carboxylic acids is 1. The van der Waals surface area contributed by atoms with Gasteiger partial charge in [0.2, 0.25) is 5.91 Å². The molecule has 0 spiro atoms. The lowest BCUT2D eigenvalue weighted by molar-refractivity contribution is -0.119. The van der Waals surface area contributed by atoms with E-state index in [2.05, 4.69) is 58.2 Å². The number of primary amides is 1. The number of amides is 1. The highest BCUT2D eigenvalue weighted by molar-refractivity contribution is 5.93. The second kappa shape index (κ2) is 8.24. The van der Waals surface area contributed by atoms with Crippen molar-refractivity contribution in [2.24, 2.45) is 5.73 Å². The predicted molar refractivity (Wildman–Crippen MR) is 134 cm³/mol. The molecule has 3 N–H and O–H groups in total. The highest BCUT2D eigenvalue weighted by Gasteiger charge is 2.26. The van der Waals surface area contributed by atoms with E-state index in [4.69, 9.17) is 5.73 Å². The van der Waals surface area contributed by atoms with Gasteiger partial charge in [-0.3, -0.25) is 9.69 Å². The Hall–Kier alpha value is -3.19. The van der Waals surface area contributed by atoms with Crippen molar-refractivity contribution in [2.75, 3.05) is 19.6 Å². The van der Waals surface area contributed by atoms with Crippen molar-refractivity contribution in [3.63, 3.8) is 0 Å². The van der Waals surface area contributed by atoms with Gasteiger partial charge in [0.25, 0.3) is 0 Å². The Bertz CT molecular complexity index is 1390. The first kappa shape index (κ1) is 21.4. The number of nitrogens with one attached hydrogen (secondary N) is 1. The number of carbonyl (C=O) groups is 1. The minimum absolute atomic E-state index is 0.239. The van der Waals surface area contributed by atoms with E-state index in [1.54, 1.807) is 6.33 Å². The zero-order chi connectivity index (χ0) is 23.4. The van der Waals surface area contributed by atoms with Crippen LogP contribution >= 0.6 is 0 Å². The Morgan fingerprint density at radius 2 is 2.00 bits per heavy atom. The molecule has 2 aliphatic rings. The topological polar surface area (TPSA) is 92.3 Å². The molecule has 7 nitrogen and oxygen atoms in total. The maximum Gasteiger partial charge on any atom is 0.231 e. The molecule has 4 aromatic rings. The monoisotopic (exact) mass is 456 g/mol. The van der Waals surface area contributed by atoms with Gasteiger partial charge in [-0.15, -0.1) is 0 Å². The van der Waals surface area contributed by atoms with Gasteiger partial charge in [0.1, 0.15) is 6.33 Å². The van der Waals surface area contributed by atoms with E-state index in [9.17, 15) is 4.79 Å². The van der Waals surface area contributed by atoms with Crippen molar-refractivity contribution >= 4 is 22.5 Å². The molecule has 3 aromatic heterocycles. The molecule has 1 fully saturated rings. The number of nitrogens with two attached hydrogens (primary N) is 1. The molecule has 34 heavy (non-hydrogen) atoms. The van der Waals surface area contributed by atoms with Crippen molar-refractivity contribution in [3.8, 4) is 11.3 Å². The van der Waals surface area contributed by atoms with E-state index in [1.807, 2.05) is 4.52 Å². The van der Waals surface area contributed by atoms with Gasteiger partial charge in [-0.1, -0.05) is 19.9 Å². The Morgan fingerprint density at radius 3 is 2.76 bits per heavy atom. The Labute approximate surface area is 199 Å². The summed E-state index contributed by atoms with van der Waals surface area (Å²) in [6.45, 7) is 6.78. The maximum absolute atomic E-state index is 11.3. The molecular weight excluding hydrogens is 424 g/mol. The lowest BCUT2D eigenvalue weighted by atomic mass is 9.87. The third-order valence-electron chi connectivity index (χ3n) is 7.79. The number of benzene rings is 1. The minimum Gasteiger partial charge on any atom is -0.369 e. The number of piperidine rings is 1. The zero-order valence-corrected chi connectivity index (χ0v) is 20.0. The van der Waals surface area contributed by atoms with E-state index in [-0.39, 0.29) is 5.91 Å². The van der Waals surface area contributed by atoms with E-state index in [0.717, 1.165) is 44.4 Å². The zero-order valence-electron chi connectivity index (χ0n) is 20.0. The van der Waals surface area contributed by atoms with Crippen LogP contribution in [-0.4, -0.2) is 50.0 Å². The van der Waals surface area contributed by atoms with Crippen molar-refractivity contribution in [1.29, 1.82) is 0 Å². The van der Waals surface area contributed by atoms with Gasteiger partial charge in [-0.2, -0.15) is 5.10 Å². The summed E-state index contributed by atoms with van der Waals surface area (Å²) < 4.78 is 1.94. The standard InChI is InChI=1S/C27H32N6O/c1-16(2)25-21-12-18(17-8-10-32(11-9-17)14-24(28)34)6-7-23(21)31-26(25)22-13-33-27(29-15-30-33)20-5-3-4-19(20)22/h6-7,12-13,15-17,31H,3-5,8-11,14H2,1-2H3,(H2,28,34). The highest BCUT2D eigenvalue weighted by Crippen LogP contribution is 2.41. The van der Waals surface area contributed by atoms with Crippen molar-refractivity contribution in [1.82, 2.24) is 24.5 Å². The van der Waals surface area contributed by atoms with Crippen LogP contribution in [0.2, 0.25) is 0 Å². The molecule has 0 unspecified atom stereocenters. The van der Waals surface area contributed by atoms with Gasteiger partial charge in [-0.25, -0.2) is 9.50 Å². The third kappa shape index (κ3) is 3.50. The largest absolute Gasteiger partial charge is 0.369 e. The number of aryl methyl sites for hydroxylation is 1. The summed E-state index contributed by atoms with van der Waals surface area (Å²) in [4.78, 5) is 21.8. The molecular formula is C27H32N6O. The van der Waals surface area contributed by atoms with Crippen molar-refractivity contribution in [3.05, 3.63) is 53.0 Å².